The van der Waals surface area contributed by atoms with Crippen molar-refractivity contribution in [2.75, 3.05) is 5.32 Å². The number of aromatic nitrogens is 3. The zero-order chi connectivity index (χ0) is 19.8. The first-order chi connectivity index (χ1) is 13.4. The molecule has 0 bridgehead atoms. The Morgan fingerprint density at radius 1 is 1.07 bits per heavy atom. The van der Waals surface area contributed by atoms with Crippen LogP contribution < -0.4 is 5.32 Å². The summed E-state index contributed by atoms with van der Waals surface area (Å²) in [7, 11) is 0. The summed E-state index contributed by atoms with van der Waals surface area (Å²) in [5.41, 5.74) is 4.57. The lowest BCUT2D eigenvalue weighted by Gasteiger charge is -2.06. The van der Waals surface area contributed by atoms with Gasteiger partial charge in [-0.15, -0.1) is 0 Å². The first kappa shape index (κ1) is 18.2. The molecule has 2 aromatic carbocycles. The summed E-state index contributed by atoms with van der Waals surface area (Å²) in [6.45, 7) is 9.06. The monoisotopic (exact) mass is 372 g/mol. The molecule has 0 fully saturated rings. The number of aryl methyl sites for hydroxylation is 2. The van der Waals surface area contributed by atoms with Crippen LogP contribution >= 0.6 is 0 Å². The van der Waals surface area contributed by atoms with Gasteiger partial charge in [0.25, 0.3) is 5.91 Å². The minimum absolute atomic E-state index is 0.163. The van der Waals surface area contributed by atoms with E-state index in [0.717, 1.165) is 34.0 Å². The van der Waals surface area contributed by atoms with Crippen LogP contribution in [0.4, 0.5) is 5.82 Å². The van der Waals surface area contributed by atoms with Crippen molar-refractivity contribution in [2.24, 2.45) is 5.92 Å². The van der Waals surface area contributed by atoms with Gasteiger partial charge in [-0.3, -0.25) is 4.79 Å². The van der Waals surface area contributed by atoms with Crippen molar-refractivity contribution in [1.82, 2.24) is 14.8 Å². The van der Waals surface area contributed by atoms with Crippen LogP contribution in [0.15, 0.2) is 48.5 Å². The molecule has 2 heterocycles. The molecule has 28 heavy (non-hydrogen) atoms. The normalized spacial score (nSPS) is 11.5. The Balaban J connectivity index is 1.82. The number of anilines is 1. The van der Waals surface area contributed by atoms with Gasteiger partial charge in [0.1, 0.15) is 0 Å². The summed E-state index contributed by atoms with van der Waals surface area (Å²) in [6, 6.07) is 15.8. The highest BCUT2D eigenvalue weighted by Gasteiger charge is 2.17. The fraction of sp³-hybridized carbons (Fsp3) is 0.261. The molecular formula is C23H24N4O. The predicted octanol–water partition coefficient (Wildman–Crippen LogP) is 5.11. The number of amides is 1. The number of pyridine rings is 1. The van der Waals surface area contributed by atoms with Crippen molar-refractivity contribution in [3.05, 3.63) is 65.2 Å². The Hall–Kier alpha value is -3.21. The Morgan fingerprint density at radius 3 is 2.61 bits per heavy atom. The van der Waals surface area contributed by atoms with E-state index in [2.05, 4.69) is 55.5 Å². The highest BCUT2D eigenvalue weighted by Crippen LogP contribution is 2.27. The van der Waals surface area contributed by atoms with Crippen LogP contribution in [0.3, 0.4) is 0 Å². The summed E-state index contributed by atoms with van der Waals surface area (Å²) in [5, 5.41) is 9.57. The van der Waals surface area contributed by atoms with Gasteiger partial charge in [0, 0.05) is 17.5 Å². The van der Waals surface area contributed by atoms with Crippen molar-refractivity contribution in [1.29, 1.82) is 0 Å². The van der Waals surface area contributed by atoms with E-state index in [1.165, 1.54) is 5.56 Å². The van der Waals surface area contributed by atoms with Gasteiger partial charge in [0.05, 0.1) is 10.9 Å². The van der Waals surface area contributed by atoms with Gasteiger partial charge >= 0.3 is 0 Å². The lowest BCUT2D eigenvalue weighted by atomic mass is 10.1. The molecule has 0 radical (unpaired) electrons. The first-order valence-electron chi connectivity index (χ1n) is 9.56. The van der Waals surface area contributed by atoms with Crippen LogP contribution in [0.2, 0.25) is 0 Å². The maximum atomic E-state index is 12.8. The molecule has 5 heteroatoms. The summed E-state index contributed by atoms with van der Waals surface area (Å²) in [6.07, 6.45) is 0. The number of nitrogens with one attached hydrogen (secondary N) is 1. The highest BCUT2D eigenvalue weighted by molar-refractivity contribution is 6.08. The third kappa shape index (κ3) is 3.48. The Labute approximate surface area is 164 Å². The molecule has 0 aliphatic heterocycles. The van der Waals surface area contributed by atoms with Crippen LogP contribution in [0, 0.1) is 19.8 Å². The average molecular weight is 372 g/mol. The Bertz CT molecular complexity index is 1190. The number of nitrogens with zero attached hydrogens (tertiary/aromatic N) is 3. The van der Waals surface area contributed by atoms with Crippen LogP contribution in [-0.4, -0.2) is 20.7 Å². The molecule has 0 aliphatic rings. The number of carbonyl (C=O) groups is 1. The maximum absolute atomic E-state index is 12.8. The molecule has 142 valence electrons. The van der Waals surface area contributed by atoms with E-state index in [9.17, 15) is 4.79 Å². The number of fused-ring (bicyclic) bond motifs is 2. The fourth-order valence-electron chi connectivity index (χ4n) is 3.39. The van der Waals surface area contributed by atoms with E-state index in [0.29, 0.717) is 17.3 Å². The number of rotatable bonds is 4. The molecule has 0 aliphatic carbocycles. The quantitative estimate of drug-likeness (QED) is 0.541. The zero-order valence-corrected chi connectivity index (χ0v) is 16.7. The van der Waals surface area contributed by atoms with E-state index in [4.69, 9.17) is 4.98 Å². The standard InChI is InChI=1S/C23H24N4O/c1-14(2)13-27-22-19(12-17-9-8-16(4)11-20(17)24-22)21(26-27)25-23(28)18-7-5-6-15(3)10-18/h5-12,14H,13H2,1-4H3,(H,25,26,28). The Morgan fingerprint density at radius 2 is 1.86 bits per heavy atom. The molecule has 0 saturated carbocycles. The summed E-state index contributed by atoms with van der Waals surface area (Å²) in [4.78, 5) is 17.6. The molecule has 5 nitrogen and oxygen atoms in total. The van der Waals surface area contributed by atoms with Crippen molar-refractivity contribution in [3.8, 4) is 0 Å². The number of hydrogen-bond acceptors (Lipinski definition) is 3. The molecule has 0 spiro atoms. The summed E-state index contributed by atoms with van der Waals surface area (Å²) < 4.78 is 1.90. The number of hydrogen-bond donors (Lipinski definition) is 1. The van der Waals surface area contributed by atoms with Crippen molar-refractivity contribution in [2.45, 2.75) is 34.2 Å². The largest absolute Gasteiger partial charge is 0.305 e. The van der Waals surface area contributed by atoms with Gasteiger partial charge in [0.2, 0.25) is 0 Å². The molecule has 1 amide bonds. The number of carbonyl (C=O) groups excluding carboxylic acids is 1. The highest BCUT2D eigenvalue weighted by atomic mass is 16.1. The van der Waals surface area contributed by atoms with Crippen LogP contribution in [0.5, 0.6) is 0 Å². The summed E-state index contributed by atoms with van der Waals surface area (Å²) in [5.74, 6) is 0.805. The molecule has 4 rings (SSSR count). The smallest absolute Gasteiger partial charge is 0.256 e. The van der Waals surface area contributed by atoms with E-state index < -0.39 is 0 Å². The first-order valence-corrected chi connectivity index (χ1v) is 9.56. The lowest BCUT2D eigenvalue weighted by molar-refractivity contribution is 0.102. The van der Waals surface area contributed by atoms with Crippen molar-refractivity contribution >= 4 is 33.7 Å². The third-order valence-corrected chi connectivity index (χ3v) is 4.72. The van der Waals surface area contributed by atoms with Gasteiger partial charge in [-0.2, -0.15) is 5.10 Å². The van der Waals surface area contributed by atoms with Crippen LogP contribution in [-0.2, 0) is 6.54 Å². The van der Waals surface area contributed by atoms with Crippen LogP contribution in [0.25, 0.3) is 21.9 Å². The lowest BCUT2D eigenvalue weighted by Crippen LogP contribution is -2.13. The molecular weight excluding hydrogens is 348 g/mol. The molecule has 0 atom stereocenters. The van der Waals surface area contributed by atoms with E-state index in [1.807, 2.05) is 35.9 Å². The van der Waals surface area contributed by atoms with Gasteiger partial charge in [0.15, 0.2) is 11.5 Å². The number of benzene rings is 2. The zero-order valence-electron chi connectivity index (χ0n) is 16.7. The molecule has 0 saturated heterocycles. The predicted molar refractivity (Wildman–Crippen MR) is 114 cm³/mol. The fourth-order valence-corrected chi connectivity index (χ4v) is 3.39. The van der Waals surface area contributed by atoms with Crippen molar-refractivity contribution in [3.63, 3.8) is 0 Å². The second-order valence-corrected chi connectivity index (χ2v) is 7.80. The van der Waals surface area contributed by atoms with E-state index in [-0.39, 0.29) is 5.91 Å². The minimum atomic E-state index is -0.163. The average Bonchev–Trinajstić information content (AvgIpc) is 2.95. The van der Waals surface area contributed by atoms with Gasteiger partial charge in [-0.1, -0.05) is 43.7 Å². The molecule has 2 aromatic heterocycles. The van der Waals surface area contributed by atoms with Gasteiger partial charge in [-0.05, 0) is 49.6 Å². The van der Waals surface area contributed by atoms with Crippen molar-refractivity contribution < 1.29 is 4.79 Å². The topological polar surface area (TPSA) is 59.8 Å². The third-order valence-electron chi connectivity index (χ3n) is 4.72. The molecule has 4 aromatic rings. The maximum Gasteiger partial charge on any atom is 0.256 e. The minimum Gasteiger partial charge on any atom is -0.305 e. The van der Waals surface area contributed by atoms with Gasteiger partial charge in [-0.25, -0.2) is 9.67 Å². The summed E-state index contributed by atoms with van der Waals surface area (Å²) >= 11 is 0. The second-order valence-electron chi connectivity index (χ2n) is 7.80. The molecule has 1 N–H and O–H groups in total. The molecule has 0 unspecified atom stereocenters. The van der Waals surface area contributed by atoms with E-state index >= 15 is 0 Å². The van der Waals surface area contributed by atoms with E-state index in [1.54, 1.807) is 0 Å². The second kappa shape index (κ2) is 7.08. The van der Waals surface area contributed by atoms with Crippen LogP contribution in [0.1, 0.15) is 35.3 Å². The van der Waals surface area contributed by atoms with Gasteiger partial charge < -0.3 is 5.32 Å². The Kier molecular flexibility index (Phi) is 4.59. The SMILES string of the molecule is Cc1cccc(C(=O)Nc2nn(CC(C)C)c3nc4cc(C)ccc4cc23)c1.